The third-order valence-corrected chi connectivity index (χ3v) is 4.29. The van der Waals surface area contributed by atoms with Crippen LogP contribution in [0.2, 0.25) is 0 Å². The second-order valence-corrected chi connectivity index (χ2v) is 5.94. The predicted molar refractivity (Wildman–Crippen MR) is 78.9 cm³/mol. The lowest BCUT2D eigenvalue weighted by molar-refractivity contribution is 0.341. The minimum absolute atomic E-state index is 0.543. The molecule has 0 aromatic heterocycles. The summed E-state index contributed by atoms with van der Waals surface area (Å²) in [6.07, 6.45) is 8.46. The standard InChI is InChI=1S/C17H27N/c1-13-10-14(2)12-16(11-13)17(18-3)15-8-6-4-5-7-9-15/h10-12,15,17-18H,4-9H2,1-3H3. The van der Waals surface area contributed by atoms with Gasteiger partial charge in [-0.25, -0.2) is 0 Å². The Labute approximate surface area is 112 Å². The van der Waals surface area contributed by atoms with Crippen molar-refractivity contribution in [1.29, 1.82) is 0 Å². The van der Waals surface area contributed by atoms with Gasteiger partial charge in [0.15, 0.2) is 0 Å². The topological polar surface area (TPSA) is 12.0 Å². The van der Waals surface area contributed by atoms with Crippen LogP contribution in [0.4, 0.5) is 0 Å². The highest BCUT2D eigenvalue weighted by Crippen LogP contribution is 2.33. The molecule has 0 radical (unpaired) electrons. The fourth-order valence-corrected chi connectivity index (χ4v) is 3.51. The Morgan fingerprint density at radius 3 is 2.00 bits per heavy atom. The van der Waals surface area contributed by atoms with Gasteiger partial charge in [0.2, 0.25) is 0 Å². The molecule has 1 aromatic carbocycles. The lowest BCUT2D eigenvalue weighted by atomic mass is 9.86. The van der Waals surface area contributed by atoms with E-state index < -0.39 is 0 Å². The van der Waals surface area contributed by atoms with Gasteiger partial charge in [-0.3, -0.25) is 0 Å². The molecule has 2 rings (SSSR count). The van der Waals surface area contributed by atoms with Crippen LogP contribution in [0.25, 0.3) is 0 Å². The van der Waals surface area contributed by atoms with Crippen molar-refractivity contribution >= 4 is 0 Å². The number of hydrogen-bond acceptors (Lipinski definition) is 1. The Morgan fingerprint density at radius 1 is 0.944 bits per heavy atom. The van der Waals surface area contributed by atoms with E-state index in [1.165, 1.54) is 55.2 Å². The summed E-state index contributed by atoms with van der Waals surface area (Å²) in [6.45, 7) is 4.41. The molecule has 0 amide bonds. The van der Waals surface area contributed by atoms with E-state index in [0.717, 1.165) is 5.92 Å². The van der Waals surface area contributed by atoms with Gasteiger partial charge in [0.25, 0.3) is 0 Å². The lowest BCUT2D eigenvalue weighted by Gasteiger charge is -2.27. The van der Waals surface area contributed by atoms with Crippen molar-refractivity contribution in [3.63, 3.8) is 0 Å². The fraction of sp³-hybridized carbons (Fsp3) is 0.647. The van der Waals surface area contributed by atoms with E-state index in [-0.39, 0.29) is 0 Å². The van der Waals surface area contributed by atoms with Crippen LogP contribution in [0, 0.1) is 19.8 Å². The average Bonchev–Trinajstić information content (AvgIpc) is 2.58. The summed E-state index contributed by atoms with van der Waals surface area (Å²) in [7, 11) is 2.12. The Balaban J connectivity index is 2.20. The van der Waals surface area contributed by atoms with E-state index in [9.17, 15) is 0 Å². The molecule has 1 unspecified atom stereocenters. The third kappa shape index (κ3) is 3.35. The molecule has 1 N–H and O–H groups in total. The lowest BCUT2D eigenvalue weighted by Crippen LogP contribution is -2.25. The van der Waals surface area contributed by atoms with Crippen molar-refractivity contribution in [2.24, 2.45) is 5.92 Å². The number of nitrogens with one attached hydrogen (secondary N) is 1. The predicted octanol–water partition coefficient (Wildman–Crippen LogP) is 4.53. The number of rotatable bonds is 3. The zero-order chi connectivity index (χ0) is 13.0. The normalized spacial score (nSPS) is 19.5. The molecule has 1 aliphatic rings. The summed E-state index contributed by atoms with van der Waals surface area (Å²) in [5.41, 5.74) is 4.26. The second kappa shape index (κ2) is 6.38. The molecule has 0 spiro atoms. The molecular formula is C17H27N. The first-order valence-corrected chi connectivity index (χ1v) is 7.46. The largest absolute Gasteiger partial charge is 0.313 e. The molecule has 1 fully saturated rings. The first kappa shape index (κ1) is 13.6. The van der Waals surface area contributed by atoms with E-state index >= 15 is 0 Å². The molecule has 1 aromatic rings. The Kier molecular flexibility index (Phi) is 4.82. The van der Waals surface area contributed by atoms with E-state index in [2.05, 4.69) is 44.4 Å². The van der Waals surface area contributed by atoms with E-state index in [1.54, 1.807) is 0 Å². The highest BCUT2D eigenvalue weighted by Gasteiger charge is 2.23. The quantitative estimate of drug-likeness (QED) is 0.771. The third-order valence-electron chi connectivity index (χ3n) is 4.29. The summed E-state index contributed by atoms with van der Waals surface area (Å²) in [5.74, 6) is 0.818. The van der Waals surface area contributed by atoms with Gasteiger partial charge in [0.1, 0.15) is 0 Å². The first-order chi connectivity index (χ1) is 8.70. The monoisotopic (exact) mass is 245 g/mol. The van der Waals surface area contributed by atoms with Crippen LogP contribution in [-0.4, -0.2) is 7.05 Å². The molecule has 1 heteroatoms. The molecule has 1 saturated carbocycles. The van der Waals surface area contributed by atoms with Crippen molar-refractivity contribution in [3.8, 4) is 0 Å². The Hall–Kier alpha value is -0.820. The van der Waals surface area contributed by atoms with Gasteiger partial charge in [0, 0.05) is 6.04 Å². The average molecular weight is 245 g/mol. The maximum absolute atomic E-state index is 3.57. The molecule has 0 aliphatic heterocycles. The van der Waals surface area contributed by atoms with Gasteiger partial charge in [0.05, 0.1) is 0 Å². The highest BCUT2D eigenvalue weighted by molar-refractivity contribution is 5.31. The number of hydrogen-bond donors (Lipinski definition) is 1. The van der Waals surface area contributed by atoms with Crippen molar-refractivity contribution in [2.75, 3.05) is 7.05 Å². The zero-order valence-corrected chi connectivity index (χ0v) is 12.1. The van der Waals surface area contributed by atoms with Crippen LogP contribution in [0.5, 0.6) is 0 Å². The summed E-state index contributed by atoms with van der Waals surface area (Å²) in [5, 5.41) is 3.57. The fourth-order valence-electron chi connectivity index (χ4n) is 3.51. The SMILES string of the molecule is CNC(c1cc(C)cc(C)c1)C1CCCCCC1. The van der Waals surface area contributed by atoms with Gasteiger partial charge in [-0.2, -0.15) is 0 Å². The van der Waals surface area contributed by atoms with Crippen molar-refractivity contribution in [3.05, 3.63) is 34.9 Å². The maximum Gasteiger partial charge on any atom is 0.0346 e. The molecule has 18 heavy (non-hydrogen) atoms. The van der Waals surface area contributed by atoms with Gasteiger partial charge in [-0.1, -0.05) is 55.0 Å². The minimum atomic E-state index is 0.543. The summed E-state index contributed by atoms with van der Waals surface area (Å²) < 4.78 is 0. The van der Waals surface area contributed by atoms with Crippen LogP contribution in [0.3, 0.4) is 0 Å². The Bertz CT molecular complexity index is 355. The van der Waals surface area contributed by atoms with Gasteiger partial charge < -0.3 is 5.32 Å². The smallest absolute Gasteiger partial charge is 0.0346 e. The second-order valence-electron chi connectivity index (χ2n) is 5.94. The molecule has 1 aliphatic carbocycles. The zero-order valence-electron chi connectivity index (χ0n) is 12.1. The maximum atomic E-state index is 3.57. The molecular weight excluding hydrogens is 218 g/mol. The minimum Gasteiger partial charge on any atom is -0.313 e. The van der Waals surface area contributed by atoms with Crippen LogP contribution in [-0.2, 0) is 0 Å². The summed E-state index contributed by atoms with van der Waals surface area (Å²) in [6, 6.07) is 7.53. The van der Waals surface area contributed by atoms with E-state index in [4.69, 9.17) is 0 Å². The van der Waals surface area contributed by atoms with Crippen LogP contribution in [0.15, 0.2) is 18.2 Å². The molecule has 1 atom stereocenters. The van der Waals surface area contributed by atoms with Crippen LogP contribution < -0.4 is 5.32 Å². The first-order valence-electron chi connectivity index (χ1n) is 7.46. The Morgan fingerprint density at radius 2 is 1.50 bits per heavy atom. The van der Waals surface area contributed by atoms with Gasteiger partial charge in [-0.15, -0.1) is 0 Å². The van der Waals surface area contributed by atoms with Crippen molar-refractivity contribution in [1.82, 2.24) is 5.32 Å². The van der Waals surface area contributed by atoms with Gasteiger partial charge in [-0.05, 0) is 45.2 Å². The number of benzene rings is 1. The van der Waals surface area contributed by atoms with Crippen molar-refractivity contribution < 1.29 is 0 Å². The van der Waals surface area contributed by atoms with Crippen LogP contribution in [0.1, 0.15) is 61.3 Å². The van der Waals surface area contributed by atoms with E-state index in [0.29, 0.717) is 6.04 Å². The molecule has 0 bridgehead atoms. The number of aryl methyl sites for hydroxylation is 2. The summed E-state index contributed by atoms with van der Waals surface area (Å²) >= 11 is 0. The van der Waals surface area contributed by atoms with E-state index in [1.807, 2.05) is 0 Å². The molecule has 1 nitrogen and oxygen atoms in total. The van der Waals surface area contributed by atoms with Crippen LogP contribution >= 0.6 is 0 Å². The van der Waals surface area contributed by atoms with Gasteiger partial charge >= 0.3 is 0 Å². The molecule has 0 heterocycles. The van der Waals surface area contributed by atoms with Crippen molar-refractivity contribution in [2.45, 2.75) is 58.4 Å². The summed E-state index contributed by atoms with van der Waals surface area (Å²) in [4.78, 5) is 0. The highest BCUT2D eigenvalue weighted by atomic mass is 14.9. The molecule has 100 valence electrons. The molecule has 0 saturated heterocycles.